The maximum Gasteiger partial charge on any atom is 0.407 e. The summed E-state index contributed by atoms with van der Waals surface area (Å²) in [5, 5.41) is 2.93. The normalized spacial score (nSPS) is 24.2. The highest BCUT2D eigenvalue weighted by atomic mass is 79.9. The number of amides is 1. The summed E-state index contributed by atoms with van der Waals surface area (Å²) in [5.74, 6) is 0. The maximum absolute atomic E-state index is 11.1. The summed E-state index contributed by atoms with van der Waals surface area (Å²) in [6.45, 7) is 2.58. The Morgan fingerprint density at radius 3 is 2.94 bits per heavy atom. The molecular formula is C11H14BrNO2S. The van der Waals surface area contributed by atoms with Crippen molar-refractivity contribution in [2.75, 3.05) is 6.61 Å². The van der Waals surface area contributed by atoms with Crippen molar-refractivity contribution in [3.05, 3.63) is 20.8 Å². The van der Waals surface area contributed by atoms with Gasteiger partial charge in [0.05, 0.1) is 9.33 Å². The third-order valence-corrected chi connectivity index (χ3v) is 4.69. The standard InChI is InChI=1S/C11H14BrNO2S/c1-2-11(7-15-10(14)13-11)6-5-8-3-4-9(12)16-8/h3-4H,2,5-7H2,1H3,(H,13,14). The van der Waals surface area contributed by atoms with Crippen LogP contribution >= 0.6 is 27.3 Å². The van der Waals surface area contributed by atoms with Gasteiger partial charge in [-0.25, -0.2) is 4.79 Å². The number of cyclic esters (lactones) is 1. The average molecular weight is 304 g/mol. The van der Waals surface area contributed by atoms with E-state index in [2.05, 4.69) is 40.3 Å². The van der Waals surface area contributed by atoms with Crippen LogP contribution in [-0.2, 0) is 11.2 Å². The van der Waals surface area contributed by atoms with Gasteiger partial charge in [-0.15, -0.1) is 11.3 Å². The van der Waals surface area contributed by atoms with Crippen LogP contribution in [0.4, 0.5) is 4.79 Å². The molecule has 1 N–H and O–H groups in total. The molecule has 1 unspecified atom stereocenters. The molecule has 88 valence electrons. The van der Waals surface area contributed by atoms with Crippen molar-refractivity contribution in [3.63, 3.8) is 0 Å². The van der Waals surface area contributed by atoms with Crippen molar-refractivity contribution in [2.45, 2.75) is 31.7 Å². The monoisotopic (exact) mass is 303 g/mol. The first-order chi connectivity index (χ1) is 7.63. The SMILES string of the molecule is CCC1(CCc2ccc(Br)s2)COC(=O)N1. The molecule has 5 heteroatoms. The minimum absolute atomic E-state index is 0.159. The van der Waals surface area contributed by atoms with Crippen LogP contribution in [0.1, 0.15) is 24.6 Å². The first-order valence-electron chi connectivity index (χ1n) is 5.33. The van der Waals surface area contributed by atoms with Crippen LogP contribution in [0.15, 0.2) is 15.9 Å². The van der Waals surface area contributed by atoms with Crippen molar-refractivity contribution in [2.24, 2.45) is 0 Å². The lowest BCUT2D eigenvalue weighted by Crippen LogP contribution is -2.43. The summed E-state index contributed by atoms with van der Waals surface area (Å²) < 4.78 is 6.15. The van der Waals surface area contributed by atoms with E-state index in [1.165, 1.54) is 4.88 Å². The maximum atomic E-state index is 11.1. The number of nitrogens with one attached hydrogen (secondary N) is 1. The Morgan fingerprint density at radius 2 is 2.44 bits per heavy atom. The van der Waals surface area contributed by atoms with E-state index in [4.69, 9.17) is 4.74 Å². The highest BCUT2D eigenvalue weighted by molar-refractivity contribution is 9.11. The molecule has 2 heterocycles. The fourth-order valence-corrected chi connectivity index (χ4v) is 3.33. The molecule has 1 atom stereocenters. The second kappa shape index (κ2) is 4.75. The Labute approximate surface area is 107 Å². The molecule has 1 aliphatic rings. The van der Waals surface area contributed by atoms with Gasteiger partial charge in [-0.3, -0.25) is 0 Å². The zero-order valence-corrected chi connectivity index (χ0v) is 11.5. The van der Waals surface area contributed by atoms with E-state index in [1.54, 1.807) is 11.3 Å². The lowest BCUT2D eigenvalue weighted by Gasteiger charge is -2.24. The Kier molecular flexibility index (Phi) is 3.54. The minimum atomic E-state index is -0.283. The van der Waals surface area contributed by atoms with E-state index < -0.39 is 0 Å². The van der Waals surface area contributed by atoms with E-state index in [0.29, 0.717) is 6.61 Å². The van der Waals surface area contributed by atoms with Gasteiger partial charge in [-0.2, -0.15) is 0 Å². The van der Waals surface area contributed by atoms with Gasteiger partial charge in [-0.1, -0.05) is 6.92 Å². The zero-order chi connectivity index (χ0) is 11.6. The molecule has 16 heavy (non-hydrogen) atoms. The number of aryl methyl sites for hydroxylation is 1. The van der Waals surface area contributed by atoms with E-state index in [9.17, 15) is 4.79 Å². The molecule has 0 radical (unpaired) electrons. The lowest BCUT2D eigenvalue weighted by atomic mass is 9.92. The molecule has 1 fully saturated rings. The van der Waals surface area contributed by atoms with Crippen LogP contribution in [0.2, 0.25) is 0 Å². The van der Waals surface area contributed by atoms with Crippen LogP contribution in [-0.4, -0.2) is 18.2 Å². The second-order valence-corrected chi connectivity index (χ2v) is 6.59. The van der Waals surface area contributed by atoms with Crippen LogP contribution < -0.4 is 5.32 Å². The predicted molar refractivity (Wildman–Crippen MR) is 67.8 cm³/mol. The smallest absolute Gasteiger partial charge is 0.407 e. The van der Waals surface area contributed by atoms with Crippen LogP contribution in [0, 0.1) is 0 Å². The lowest BCUT2D eigenvalue weighted by molar-refractivity contribution is 0.170. The fourth-order valence-electron chi connectivity index (χ4n) is 1.84. The molecule has 1 aliphatic heterocycles. The molecule has 1 aromatic heterocycles. The number of hydrogen-bond acceptors (Lipinski definition) is 3. The summed E-state index contributed by atoms with van der Waals surface area (Å²) >= 11 is 5.19. The van der Waals surface area contributed by atoms with Gasteiger partial charge in [0.25, 0.3) is 0 Å². The quantitative estimate of drug-likeness (QED) is 0.926. The van der Waals surface area contributed by atoms with Crippen LogP contribution in [0.25, 0.3) is 0 Å². The van der Waals surface area contributed by atoms with Crippen molar-refractivity contribution < 1.29 is 9.53 Å². The van der Waals surface area contributed by atoms with Gasteiger partial charge < -0.3 is 10.1 Å². The molecular weight excluding hydrogens is 290 g/mol. The van der Waals surface area contributed by atoms with Crippen LogP contribution in [0.5, 0.6) is 0 Å². The zero-order valence-electron chi connectivity index (χ0n) is 9.09. The van der Waals surface area contributed by atoms with Crippen molar-refractivity contribution >= 4 is 33.4 Å². The Morgan fingerprint density at radius 1 is 1.62 bits per heavy atom. The van der Waals surface area contributed by atoms with Crippen molar-refractivity contribution in [1.29, 1.82) is 0 Å². The molecule has 2 rings (SSSR count). The first kappa shape index (κ1) is 11.9. The van der Waals surface area contributed by atoms with Crippen molar-refractivity contribution in [1.82, 2.24) is 5.32 Å². The van der Waals surface area contributed by atoms with Gasteiger partial charge in [0, 0.05) is 4.88 Å². The van der Waals surface area contributed by atoms with Gasteiger partial charge in [-0.05, 0) is 47.3 Å². The van der Waals surface area contributed by atoms with Gasteiger partial charge in [0.15, 0.2) is 0 Å². The van der Waals surface area contributed by atoms with E-state index in [1.807, 2.05) is 0 Å². The highest BCUT2D eigenvalue weighted by Gasteiger charge is 2.37. The number of halogens is 1. The molecule has 0 spiro atoms. The Bertz CT molecular complexity index is 393. The Hall–Kier alpha value is -0.550. The molecule has 1 amide bonds. The number of alkyl carbamates (subject to hydrolysis) is 1. The minimum Gasteiger partial charge on any atom is -0.447 e. The molecule has 0 aliphatic carbocycles. The number of carbonyl (C=O) groups is 1. The average Bonchev–Trinajstić information content (AvgIpc) is 2.83. The van der Waals surface area contributed by atoms with Crippen molar-refractivity contribution in [3.8, 4) is 0 Å². The summed E-state index contributed by atoms with van der Waals surface area (Å²) in [4.78, 5) is 12.4. The molecule has 0 bridgehead atoms. The van der Waals surface area contributed by atoms with E-state index >= 15 is 0 Å². The highest BCUT2D eigenvalue weighted by Crippen LogP contribution is 2.27. The fraction of sp³-hybridized carbons (Fsp3) is 0.545. The summed E-state index contributed by atoms with van der Waals surface area (Å²) in [6, 6.07) is 4.18. The number of rotatable bonds is 4. The van der Waals surface area contributed by atoms with Gasteiger partial charge >= 0.3 is 6.09 Å². The third-order valence-electron chi connectivity index (χ3n) is 3.00. The predicted octanol–water partition coefficient (Wildman–Crippen LogP) is 3.33. The van der Waals surface area contributed by atoms with E-state index in [0.717, 1.165) is 23.0 Å². The summed E-state index contributed by atoms with van der Waals surface area (Å²) in [5.41, 5.74) is -0.159. The van der Waals surface area contributed by atoms with Gasteiger partial charge in [0.2, 0.25) is 0 Å². The molecule has 1 saturated heterocycles. The second-order valence-electron chi connectivity index (χ2n) is 4.04. The first-order valence-corrected chi connectivity index (χ1v) is 6.94. The summed E-state index contributed by atoms with van der Waals surface area (Å²) in [6.07, 6.45) is 2.54. The summed E-state index contributed by atoms with van der Waals surface area (Å²) in [7, 11) is 0. The third kappa shape index (κ3) is 2.58. The number of carbonyl (C=O) groups excluding carboxylic acids is 1. The van der Waals surface area contributed by atoms with Gasteiger partial charge in [0.1, 0.15) is 6.61 Å². The molecule has 0 aromatic carbocycles. The molecule has 3 nitrogen and oxygen atoms in total. The number of ether oxygens (including phenoxy) is 1. The van der Waals surface area contributed by atoms with Crippen LogP contribution in [0.3, 0.4) is 0 Å². The Balaban J connectivity index is 1.95. The molecule has 1 aromatic rings. The molecule has 0 saturated carbocycles. The largest absolute Gasteiger partial charge is 0.447 e. The van der Waals surface area contributed by atoms with E-state index in [-0.39, 0.29) is 11.6 Å². The topological polar surface area (TPSA) is 38.3 Å². The number of hydrogen-bond donors (Lipinski definition) is 1. The number of thiophene rings is 1.